The molecule has 3 aromatic carbocycles. The molecule has 1 saturated carbocycles. The van der Waals surface area contributed by atoms with Crippen LogP contribution in [0.2, 0.25) is 0 Å². The summed E-state index contributed by atoms with van der Waals surface area (Å²) in [5.41, 5.74) is 14.6. The lowest BCUT2D eigenvalue weighted by Gasteiger charge is -2.36. The Labute approximate surface area is 229 Å². The van der Waals surface area contributed by atoms with E-state index in [-0.39, 0.29) is 11.8 Å². The van der Waals surface area contributed by atoms with E-state index in [1.54, 1.807) is 0 Å². The zero-order valence-electron chi connectivity index (χ0n) is 23.5. The van der Waals surface area contributed by atoms with Gasteiger partial charge in [0.25, 0.3) is 0 Å². The molecule has 0 heteroatoms. The second-order valence-electron chi connectivity index (χ2n) is 11.1. The fourth-order valence-corrected chi connectivity index (χ4v) is 6.69. The molecule has 192 valence electrons. The maximum atomic E-state index is 4.77. The highest BCUT2D eigenvalue weighted by molar-refractivity contribution is 5.89. The number of fused-ring (bicyclic) bond motifs is 2. The highest BCUT2D eigenvalue weighted by Crippen LogP contribution is 2.56. The lowest BCUT2D eigenvalue weighted by atomic mass is 9.67. The molecule has 2 atom stereocenters. The molecule has 2 aliphatic rings. The first-order valence-corrected chi connectivity index (χ1v) is 14.1. The van der Waals surface area contributed by atoms with E-state index >= 15 is 0 Å². The molecular formula is C38H40. The standard InChI is InChI=1S/C38H40/c1-8-13-25(5)35-26(6)20-33-23-32(22-28-14-12-16-31(21-28)24(3)4)27(7)36(33)38(35)37-29(9-2)18-19-30-15-10-11-17-34(30)37/h10-12,14-22,36,38H,3,5,7-9,13,23H2,1-2,4,6H3/b32-22+. The Hall–Kier alpha value is -3.64. The molecule has 0 saturated heterocycles. The van der Waals surface area contributed by atoms with Gasteiger partial charge in [-0.05, 0) is 94.5 Å². The SMILES string of the molecule is C=C(CCC)C1=C(C)C=C2C/C(=C\c3cccc(C(=C)C)c3)C(=C)C2C1c1c(CC)ccc2ccccc12. The van der Waals surface area contributed by atoms with Crippen LogP contribution < -0.4 is 0 Å². The van der Waals surface area contributed by atoms with Crippen molar-refractivity contribution in [3.05, 3.63) is 142 Å². The second kappa shape index (κ2) is 10.6. The zero-order chi connectivity index (χ0) is 27.0. The predicted octanol–water partition coefficient (Wildman–Crippen LogP) is 10.8. The third kappa shape index (κ3) is 4.58. The minimum Gasteiger partial charge on any atom is -0.0955 e. The highest BCUT2D eigenvalue weighted by Gasteiger charge is 2.42. The van der Waals surface area contributed by atoms with Crippen molar-refractivity contribution < 1.29 is 0 Å². The molecule has 5 rings (SSSR count). The monoisotopic (exact) mass is 496 g/mol. The van der Waals surface area contributed by atoms with Gasteiger partial charge in [-0.15, -0.1) is 0 Å². The van der Waals surface area contributed by atoms with E-state index in [0.717, 1.165) is 31.3 Å². The van der Waals surface area contributed by atoms with Crippen molar-refractivity contribution in [2.45, 2.75) is 59.3 Å². The molecule has 1 fully saturated rings. The quantitative estimate of drug-likeness (QED) is 0.305. The van der Waals surface area contributed by atoms with Gasteiger partial charge in [-0.1, -0.05) is 123 Å². The summed E-state index contributed by atoms with van der Waals surface area (Å²) in [7, 11) is 0. The minimum atomic E-state index is 0.232. The number of hydrogen-bond donors (Lipinski definition) is 0. The smallest absolute Gasteiger partial charge is 0.0210 e. The van der Waals surface area contributed by atoms with E-state index in [0.29, 0.717) is 0 Å². The van der Waals surface area contributed by atoms with Crippen molar-refractivity contribution in [1.82, 2.24) is 0 Å². The number of rotatable bonds is 7. The van der Waals surface area contributed by atoms with Gasteiger partial charge in [0.2, 0.25) is 0 Å². The first-order valence-electron chi connectivity index (χ1n) is 14.1. The van der Waals surface area contributed by atoms with Crippen LogP contribution in [0.15, 0.2) is 120 Å². The number of hydrogen-bond acceptors (Lipinski definition) is 0. The molecule has 2 unspecified atom stereocenters. The largest absolute Gasteiger partial charge is 0.0955 e. The van der Waals surface area contributed by atoms with Crippen LogP contribution in [0.5, 0.6) is 0 Å². The lowest BCUT2D eigenvalue weighted by molar-refractivity contribution is 0.618. The summed E-state index contributed by atoms with van der Waals surface area (Å²) in [6.07, 6.45) is 8.89. The van der Waals surface area contributed by atoms with Gasteiger partial charge in [-0.3, -0.25) is 0 Å². The van der Waals surface area contributed by atoms with E-state index in [9.17, 15) is 0 Å². The van der Waals surface area contributed by atoms with Crippen LogP contribution in [-0.4, -0.2) is 0 Å². The summed E-state index contributed by atoms with van der Waals surface area (Å²) in [5, 5.41) is 2.68. The van der Waals surface area contributed by atoms with Crippen LogP contribution in [0.25, 0.3) is 22.4 Å². The van der Waals surface area contributed by atoms with Crippen molar-refractivity contribution in [2.24, 2.45) is 5.92 Å². The summed E-state index contributed by atoms with van der Waals surface area (Å²) in [4.78, 5) is 0. The van der Waals surface area contributed by atoms with Gasteiger partial charge in [0.15, 0.2) is 0 Å². The molecule has 0 amide bonds. The van der Waals surface area contributed by atoms with E-state index in [1.165, 1.54) is 66.5 Å². The Morgan fingerprint density at radius 3 is 2.50 bits per heavy atom. The van der Waals surface area contributed by atoms with Gasteiger partial charge in [0, 0.05) is 11.8 Å². The molecule has 0 N–H and O–H groups in total. The molecule has 0 nitrogen and oxygen atoms in total. The third-order valence-electron chi connectivity index (χ3n) is 8.46. The van der Waals surface area contributed by atoms with Crippen LogP contribution in [-0.2, 0) is 6.42 Å². The average Bonchev–Trinajstić information content (AvgIpc) is 3.21. The topological polar surface area (TPSA) is 0 Å². The maximum Gasteiger partial charge on any atom is 0.0210 e. The van der Waals surface area contributed by atoms with Gasteiger partial charge in [-0.2, -0.15) is 0 Å². The lowest BCUT2D eigenvalue weighted by Crippen LogP contribution is -2.22. The summed E-state index contributed by atoms with van der Waals surface area (Å²) >= 11 is 0. The molecule has 0 heterocycles. The number of aryl methyl sites for hydroxylation is 1. The Morgan fingerprint density at radius 2 is 1.76 bits per heavy atom. The molecule has 3 aromatic rings. The first kappa shape index (κ1) is 26.0. The van der Waals surface area contributed by atoms with E-state index in [4.69, 9.17) is 6.58 Å². The Bertz CT molecular complexity index is 1550. The van der Waals surface area contributed by atoms with Crippen LogP contribution in [0, 0.1) is 5.92 Å². The van der Waals surface area contributed by atoms with Gasteiger partial charge in [-0.25, -0.2) is 0 Å². The summed E-state index contributed by atoms with van der Waals surface area (Å²) in [5.74, 6) is 0.490. The Kier molecular flexibility index (Phi) is 7.26. The van der Waals surface area contributed by atoms with Crippen LogP contribution in [0.1, 0.15) is 75.1 Å². The van der Waals surface area contributed by atoms with Crippen molar-refractivity contribution in [3.63, 3.8) is 0 Å². The van der Waals surface area contributed by atoms with Crippen molar-refractivity contribution in [1.29, 1.82) is 0 Å². The van der Waals surface area contributed by atoms with Gasteiger partial charge >= 0.3 is 0 Å². The number of allylic oxidation sites excluding steroid dienone is 8. The molecule has 0 aliphatic heterocycles. The van der Waals surface area contributed by atoms with Gasteiger partial charge in [0.1, 0.15) is 0 Å². The third-order valence-corrected chi connectivity index (χ3v) is 8.46. The van der Waals surface area contributed by atoms with Crippen LogP contribution in [0.3, 0.4) is 0 Å². The molecule has 2 aliphatic carbocycles. The van der Waals surface area contributed by atoms with Crippen LogP contribution in [0.4, 0.5) is 0 Å². The first-order chi connectivity index (χ1) is 18.3. The van der Waals surface area contributed by atoms with Gasteiger partial charge in [0.05, 0.1) is 0 Å². The fourth-order valence-electron chi connectivity index (χ4n) is 6.69. The number of benzene rings is 3. The molecular weight excluding hydrogens is 456 g/mol. The predicted molar refractivity (Wildman–Crippen MR) is 167 cm³/mol. The summed E-state index contributed by atoms with van der Waals surface area (Å²) < 4.78 is 0. The summed E-state index contributed by atoms with van der Waals surface area (Å²) in [6.45, 7) is 22.5. The molecule has 0 radical (unpaired) electrons. The van der Waals surface area contributed by atoms with Crippen molar-refractivity contribution >= 4 is 22.4 Å². The molecule has 0 aromatic heterocycles. The normalized spacial score (nSPS) is 20.2. The van der Waals surface area contributed by atoms with E-state index in [1.807, 2.05) is 0 Å². The fraction of sp³-hybridized carbons (Fsp3) is 0.263. The van der Waals surface area contributed by atoms with E-state index in [2.05, 4.69) is 114 Å². The minimum absolute atomic E-state index is 0.232. The van der Waals surface area contributed by atoms with Crippen LogP contribution >= 0.6 is 0 Å². The van der Waals surface area contributed by atoms with E-state index < -0.39 is 0 Å². The highest BCUT2D eigenvalue weighted by atomic mass is 14.4. The van der Waals surface area contributed by atoms with Crippen molar-refractivity contribution in [3.8, 4) is 0 Å². The summed E-state index contributed by atoms with van der Waals surface area (Å²) in [6, 6.07) is 22.2. The Balaban J connectivity index is 1.70. The Morgan fingerprint density at radius 1 is 0.974 bits per heavy atom. The van der Waals surface area contributed by atoms with Gasteiger partial charge < -0.3 is 0 Å². The average molecular weight is 497 g/mol. The second-order valence-corrected chi connectivity index (χ2v) is 11.1. The molecule has 38 heavy (non-hydrogen) atoms. The molecule has 0 bridgehead atoms. The maximum absolute atomic E-state index is 4.77. The zero-order valence-corrected chi connectivity index (χ0v) is 23.5. The molecule has 0 spiro atoms. The van der Waals surface area contributed by atoms with Crippen molar-refractivity contribution in [2.75, 3.05) is 0 Å².